The zero-order valence-corrected chi connectivity index (χ0v) is 60.7. The fourth-order valence-electron chi connectivity index (χ4n) is 9.95. The van der Waals surface area contributed by atoms with E-state index in [0.29, 0.717) is 128 Å². The molecule has 2 aromatic rings. The third kappa shape index (κ3) is 28.3. The number of carbonyl (C=O) groups excluding carboxylic acids is 5. The number of nitrogens with zero attached hydrogens (tertiary/aromatic N) is 8. The summed E-state index contributed by atoms with van der Waals surface area (Å²) in [6.07, 6.45) is 14.9. The number of piperidine rings is 2. The number of halogens is 2. The van der Waals surface area contributed by atoms with Crippen LogP contribution in [0.15, 0.2) is 31.9 Å². The molecular weight excluding hydrogens is 1320 g/mol. The first-order valence-corrected chi connectivity index (χ1v) is 40.7. The quantitative estimate of drug-likeness (QED) is 0.0388. The smallest absolute Gasteiger partial charge is 0.410 e. The topological polar surface area (TPSA) is 283 Å². The summed E-state index contributed by atoms with van der Waals surface area (Å²) in [6.45, 7) is 34.7. The van der Waals surface area contributed by atoms with Crippen molar-refractivity contribution in [2.75, 3.05) is 39.4 Å². The second kappa shape index (κ2) is 36.7. The molecule has 2 atom stereocenters. The number of rotatable bonds is 29. The van der Waals surface area contributed by atoms with Crippen LogP contribution in [0, 0.1) is 6.92 Å². The fraction of sp³-hybridized carbons (Fsp3) is 0.762. The Morgan fingerprint density at radius 1 is 0.700 bits per heavy atom. The predicted octanol–water partition coefficient (Wildman–Crippen LogP) is 14.0. The molecule has 90 heavy (non-hydrogen) atoms. The van der Waals surface area contributed by atoms with E-state index in [1.807, 2.05) is 57.6 Å². The highest BCUT2D eigenvalue weighted by molar-refractivity contribution is 9.10. The Morgan fingerprint density at radius 3 is 1.54 bits per heavy atom. The fourth-order valence-corrected chi connectivity index (χ4v) is 12.2. The molecule has 0 bridgehead atoms. The van der Waals surface area contributed by atoms with Gasteiger partial charge in [0.25, 0.3) is 5.91 Å². The summed E-state index contributed by atoms with van der Waals surface area (Å²) in [6, 6.07) is 1.72. The number of Topliss-reactive ketones (excluding diaryl/α,β-unsaturated/α-hetero) is 2. The third-order valence-corrected chi connectivity index (χ3v) is 20.2. The second-order valence-corrected chi connectivity index (χ2v) is 41.0. The van der Waals surface area contributed by atoms with Crippen molar-refractivity contribution in [3.05, 3.63) is 40.2 Å². The van der Waals surface area contributed by atoms with E-state index in [9.17, 15) is 28.8 Å². The largest absolute Gasteiger partial charge is 0.477 e. The first kappa shape index (κ1) is 77.8. The van der Waals surface area contributed by atoms with Crippen LogP contribution in [-0.2, 0) is 61.3 Å². The third-order valence-electron chi connectivity index (χ3n) is 15.5. The van der Waals surface area contributed by atoms with Gasteiger partial charge in [-0.1, -0.05) is 89.6 Å². The normalized spacial score (nSPS) is 16.9. The zero-order chi connectivity index (χ0) is 68.4. The van der Waals surface area contributed by atoms with Crippen molar-refractivity contribution < 1.29 is 66.9 Å². The van der Waals surface area contributed by atoms with Gasteiger partial charge in [-0.2, -0.15) is 0 Å². The number of carboxylic acids is 1. The van der Waals surface area contributed by atoms with Crippen LogP contribution in [-0.4, -0.2) is 159 Å². The molecule has 0 radical (unpaired) electrons. The molecule has 2 fully saturated rings. The highest BCUT2D eigenvalue weighted by Crippen LogP contribution is 2.37. The maximum atomic E-state index is 13.6. The van der Waals surface area contributed by atoms with Gasteiger partial charge in [0.1, 0.15) is 74.6 Å². The number of aromatic nitrogens is 4. The Bertz CT molecular complexity index is 2700. The van der Waals surface area contributed by atoms with Crippen LogP contribution < -0.4 is 11.1 Å². The van der Waals surface area contributed by atoms with Gasteiger partial charge in [-0.25, -0.2) is 24.4 Å². The molecule has 2 spiro atoms. The lowest BCUT2D eigenvalue weighted by atomic mass is 9.87. The number of hydrogen-bond acceptors (Lipinski definition) is 17. The molecule has 0 aliphatic carbocycles. The van der Waals surface area contributed by atoms with Crippen molar-refractivity contribution in [1.82, 2.24) is 34.2 Å². The number of ketones is 2. The number of aliphatic carboxylic acids is 1. The summed E-state index contributed by atoms with van der Waals surface area (Å²) in [5.41, 5.74) is 4.48. The number of nitrogens with two attached hydrogens (primary N) is 1. The van der Waals surface area contributed by atoms with Crippen LogP contribution >= 0.6 is 31.9 Å². The number of likely N-dealkylation sites (tertiary alicyclic amines) is 2. The number of ether oxygens (including phenoxy) is 4. The minimum Gasteiger partial charge on any atom is -0.477 e. The van der Waals surface area contributed by atoms with Gasteiger partial charge in [-0.15, -0.1) is 0 Å². The number of oxime groups is 2. The summed E-state index contributed by atoms with van der Waals surface area (Å²) in [4.78, 5) is 95.5. The molecule has 27 heteroatoms. The minimum absolute atomic E-state index is 0. The molecule has 2 aromatic heterocycles. The Morgan fingerprint density at radius 2 is 1.12 bits per heavy atom. The van der Waals surface area contributed by atoms with Gasteiger partial charge in [0.05, 0.1) is 31.4 Å². The molecule has 6 heterocycles. The Hall–Kier alpha value is -4.68. The molecule has 0 unspecified atom stereocenters. The van der Waals surface area contributed by atoms with Crippen LogP contribution in [0.1, 0.15) is 200 Å². The van der Waals surface area contributed by atoms with E-state index in [-0.39, 0.29) is 56.3 Å². The maximum Gasteiger partial charge on any atom is 0.410 e. The predicted molar refractivity (Wildman–Crippen MR) is 367 cm³/mol. The van der Waals surface area contributed by atoms with Crippen LogP contribution in [0.2, 0.25) is 51.4 Å². The minimum atomic E-state index is -1.23. The lowest BCUT2D eigenvalue weighted by Gasteiger charge is -2.37. The van der Waals surface area contributed by atoms with Gasteiger partial charge in [0.15, 0.2) is 11.5 Å². The number of carboxylic acid groups (broad SMARTS) is 1. The first-order chi connectivity index (χ1) is 42.6. The Balaban J connectivity index is 0.000000746. The van der Waals surface area contributed by atoms with E-state index in [1.165, 1.54) is 0 Å². The SMILES string of the molecule is C.CC(C)(C)OC(=O)N1CCC2(CC1)CC(C(=O)O)=NO2.CCC(=O)CCCCC[C@H](NC(=O)C1=NOC2(CCN(C(=O)OC(C)(C)C)CC2)C1)c1ncc(Br)n1COCC[Si](C)(C)C.[2HH].[2H][2H].[CH2+]CC(=O)CCCCC[C@H](N)c1ncc(Br)n1COCC[Si](C)(C)C. The Labute approximate surface area is 559 Å². The van der Waals surface area contributed by atoms with Gasteiger partial charge in [-0.3, -0.25) is 23.5 Å². The van der Waals surface area contributed by atoms with Crippen molar-refractivity contribution in [2.24, 2.45) is 16.0 Å². The molecule has 6 rings (SSSR count). The summed E-state index contributed by atoms with van der Waals surface area (Å²) in [5, 5.41) is 19.9. The molecule has 3 amide bonds. The number of unbranched alkanes of at least 4 members (excludes halogenated alkanes) is 4. The van der Waals surface area contributed by atoms with Gasteiger partial charge in [0.2, 0.25) is 0 Å². The lowest BCUT2D eigenvalue weighted by Crippen LogP contribution is -2.48. The van der Waals surface area contributed by atoms with Crippen LogP contribution in [0.25, 0.3) is 0 Å². The monoisotopic (exact) mass is 1430 g/mol. The summed E-state index contributed by atoms with van der Waals surface area (Å²) in [7, 11) is -2.31. The highest BCUT2D eigenvalue weighted by atomic mass is 79.9. The van der Waals surface area contributed by atoms with Crippen molar-refractivity contribution in [1.29, 1.82) is 0 Å². The number of amides is 3. The molecule has 0 aromatic carbocycles. The molecule has 0 saturated carbocycles. The number of hydrogen-bond donors (Lipinski definition) is 3. The van der Waals surface area contributed by atoms with E-state index in [0.717, 1.165) is 78.7 Å². The lowest BCUT2D eigenvalue weighted by molar-refractivity contribution is -0.129. The average molecular weight is 1440 g/mol. The van der Waals surface area contributed by atoms with Crippen LogP contribution in [0.3, 0.4) is 0 Å². The van der Waals surface area contributed by atoms with Gasteiger partial charge >= 0.3 is 18.2 Å². The van der Waals surface area contributed by atoms with E-state index >= 15 is 0 Å². The molecule has 4 aliphatic heterocycles. The first-order valence-electron chi connectivity index (χ1n) is 32.7. The van der Waals surface area contributed by atoms with Crippen molar-refractivity contribution in [3.63, 3.8) is 0 Å². The van der Waals surface area contributed by atoms with Gasteiger partial charge < -0.3 is 54.6 Å². The van der Waals surface area contributed by atoms with E-state index in [4.69, 9.17) is 42.4 Å². The van der Waals surface area contributed by atoms with Crippen LogP contribution in [0.5, 0.6) is 0 Å². The molecule has 2 saturated heterocycles. The van der Waals surface area contributed by atoms with E-state index in [2.05, 4.69) is 104 Å². The molecule has 4 N–H and O–H groups in total. The molecule has 4 aliphatic rings. The van der Waals surface area contributed by atoms with E-state index < -0.39 is 44.5 Å². The standard InChI is InChI=1S/C31H52BrN5O6Si.C18H33BrN3O2Si.C13H20N2O5.CH4.2H2/c1-8-23(38)12-10-9-11-13-24(27-33-21-26(32)37(27)22-41-18-19-44(5,6)7)34-28(39)25-20-31(43-35-25)14-16-36(17-15-31)29(40)42-30(2,3)4;1-5-15(23)9-7-6-8-10-16(20)18-21-13-17(19)22(18)14-24-11-12-25(2,3)4;1-12(2,3)19-11(18)15-6-4-13(5-7-15)8-9(10(16)17)14-20-13;;;/h21,24H,8-20,22H2,1-7H3,(H,34,39);13,16H,1,5-12,14,20H2,2-4H3;4-8H2,1-3H3,(H,16,17);1H4;2*1H/q;+1;;;;/t24-;16-;;;;/m00..../s1/i;;;;1+1D;1+1. The van der Waals surface area contributed by atoms with Gasteiger partial charge in [-0.05, 0) is 111 Å². The maximum absolute atomic E-state index is 13.6. The zero-order valence-electron chi connectivity index (χ0n) is 57.6. The molecule has 23 nitrogen and oxygen atoms in total. The number of carbonyl (C=O) groups is 6. The summed E-state index contributed by atoms with van der Waals surface area (Å²) in [5.74, 6) is 0.745. The number of nitrogens with one attached hydrogen (secondary N) is 1. The van der Waals surface area contributed by atoms with Crippen molar-refractivity contribution in [3.8, 4) is 0 Å². The van der Waals surface area contributed by atoms with Gasteiger partial charge in [0, 0.05) is 118 Å². The van der Waals surface area contributed by atoms with Crippen molar-refractivity contribution in [2.45, 2.75) is 271 Å². The molecule has 514 valence electrons. The second-order valence-electron chi connectivity index (χ2n) is 28.2. The summed E-state index contributed by atoms with van der Waals surface area (Å²) < 4.78 is 38.3. The summed E-state index contributed by atoms with van der Waals surface area (Å²) >= 11 is 7.13. The molecular formula is C63H113Br2N10O13Si2+. The van der Waals surface area contributed by atoms with Crippen molar-refractivity contribution >= 4 is 95.1 Å². The Kier molecular flexibility index (Phi) is 31.7. The van der Waals surface area contributed by atoms with Crippen LogP contribution in [0.4, 0.5) is 9.59 Å². The van der Waals surface area contributed by atoms with E-state index in [1.54, 1.807) is 22.2 Å². The average Bonchev–Trinajstić information content (AvgIpc) is 1.71. The number of imidazole rings is 2. The highest BCUT2D eigenvalue weighted by Gasteiger charge is 2.47.